The summed E-state index contributed by atoms with van der Waals surface area (Å²) in [7, 11) is 0. The van der Waals surface area contributed by atoms with Crippen LogP contribution in [-0.2, 0) is 39.3 Å². The van der Waals surface area contributed by atoms with E-state index in [-0.39, 0.29) is 34.0 Å². The molecule has 3 N–H and O–H groups in total. The molecule has 4 heteroatoms. The molecular formula is C33H50O4. The summed E-state index contributed by atoms with van der Waals surface area (Å²) in [6.45, 7) is 25.1. The summed E-state index contributed by atoms with van der Waals surface area (Å²) in [6.07, 6.45) is 1.23. The highest BCUT2D eigenvalue weighted by atomic mass is 16.4. The molecule has 0 fully saturated rings. The first kappa shape index (κ1) is 30.7. The van der Waals surface area contributed by atoms with E-state index in [4.69, 9.17) is 0 Å². The number of aromatic hydroxyl groups is 2. The van der Waals surface area contributed by atoms with Crippen molar-refractivity contribution in [2.24, 2.45) is 5.92 Å². The number of phenolic OH excluding ortho intramolecular Hbond substituents is 2. The summed E-state index contributed by atoms with van der Waals surface area (Å²) in [5, 5.41) is 32.0. The molecule has 0 heterocycles. The fraction of sp³-hybridized carbons (Fsp3) is 0.606. The zero-order valence-corrected chi connectivity index (χ0v) is 25.3. The molecule has 0 aliphatic heterocycles. The molecule has 2 aromatic rings. The fourth-order valence-corrected chi connectivity index (χ4v) is 5.04. The van der Waals surface area contributed by atoms with Gasteiger partial charge in [0, 0.05) is 6.42 Å². The molecule has 0 radical (unpaired) electrons. The van der Waals surface area contributed by atoms with Crippen molar-refractivity contribution in [1.29, 1.82) is 0 Å². The van der Waals surface area contributed by atoms with E-state index in [1.54, 1.807) is 0 Å². The second-order valence-corrected chi connectivity index (χ2v) is 15.0. The number of aliphatic carboxylic acids is 1. The van der Waals surface area contributed by atoms with Gasteiger partial charge in [0.1, 0.15) is 11.5 Å². The van der Waals surface area contributed by atoms with Crippen molar-refractivity contribution in [1.82, 2.24) is 0 Å². The third-order valence-corrected chi connectivity index (χ3v) is 7.08. The number of carbonyl (C=O) groups is 1. The first-order chi connectivity index (χ1) is 16.5. The van der Waals surface area contributed by atoms with Crippen LogP contribution in [0.5, 0.6) is 11.5 Å². The maximum Gasteiger partial charge on any atom is 0.303 e. The Morgan fingerprint density at radius 1 is 0.595 bits per heavy atom. The van der Waals surface area contributed by atoms with Gasteiger partial charge in [-0.25, -0.2) is 0 Å². The lowest BCUT2D eigenvalue weighted by Crippen LogP contribution is -2.20. The molecule has 2 aromatic carbocycles. The standard InChI is InChI=1S/C33H50O4/c1-30(2,3)23-15-21(16-24(28(23)36)31(4,5)6)13-20(19-27(34)35)14-22-17-25(32(7,8)9)29(37)26(18-22)33(10,11)12/h15-18,20,36-37H,13-14,19H2,1-12H3,(H,34,35). The lowest BCUT2D eigenvalue weighted by molar-refractivity contribution is -0.138. The van der Waals surface area contributed by atoms with Gasteiger partial charge in [0.05, 0.1) is 0 Å². The van der Waals surface area contributed by atoms with E-state index in [1.807, 2.05) is 0 Å². The lowest BCUT2D eigenvalue weighted by Gasteiger charge is -2.30. The Morgan fingerprint density at radius 3 is 1.03 bits per heavy atom. The summed E-state index contributed by atoms with van der Waals surface area (Å²) < 4.78 is 0. The van der Waals surface area contributed by atoms with Crippen molar-refractivity contribution in [3.05, 3.63) is 57.6 Å². The highest BCUT2D eigenvalue weighted by Gasteiger charge is 2.29. The molecule has 0 aromatic heterocycles. The van der Waals surface area contributed by atoms with E-state index < -0.39 is 5.97 Å². The van der Waals surface area contributed by atoms with Crippen molar-refractivity contribution in [3.63, 3.8) is 0 Å². The largest absolute Gasteiger partial charge is 0.507 e. The third kappa shape index (κ3) is 7.75. The van der Waals surface area contributed by atoms with Crippen molar-refractivity contribution in [2.45, 2.75) is 124 Å². The van der Waals surface area contributed by atoms with Crippen LogP contribution in [0, 0.1) is 5.92 Å². The van der Waals surface area contributed by atoms with Crippen LogP contribution in [0.1, 0.15) is 123 Å². The number of benzene rings is 2. The van der Waals surface area contributed by atoms with Crippen LogP contribution < -0.4 is 0 Å². The molecule has 2 rings (SSSR count). The second kappa shape index (κ2) is 10.3. The second-order valence-electron chi connectivity index (χ2n) is 15.0. The monoisotopic (exact) mass is 510 g/mol. The van der Waals surface area contributed by atoms with Gasteiger partial charge in [-0.3, -0.25) is 4.79 Å². The van der Waals surface area contributed by atoms with E-state index >= 15 is 0 Å². The zero-order valence-electron chi connectivity index (χ0n) is 25.3. The van der Waals surface area contributed by atoms with Crippen molar-refractivity contribution in [2.75, 3.05) is 0 Å². The molecule has 0 aliphatic rings. The van der Waals surface area contributed by atoms with E-state index in [1.165, 1.54) is 0 Å². The van der Waals surface area contributed by atoms with Gasteiger partial charge < -0.3 is 15.3 Å². The third-order valence-electron chi connectivity index (χ3n) is 7.08. The Bertz CT molecular complexity index is 975. The minimum atomic E-state index is -0.818. The topological polar surface area (TPSA) is 77.8 Å². The van der Waals surface area contributed by atoms with Crippen LogP contribution >= 0.6 is 0 Å². The van der Waals surface area contributed by atoms with Crippen molar-refractivity contribution in [3.8, 4) is 11.5 Å². The predicted molar refractivity (Wildman–Crippen MR) is 154 cm³/mol. The zero-order chi connectivity index (χ0) is 28.7. The maximum absolute atomic E-state index is 11.9. The first-order valence-electron chi connectivity index (χ1n) is 13.5. The molecule has 0 saturated heterocycles. The molecule has 0 aliphatic carbocycles. The maximum atomic E-state index is 11.9. The highest BCUT2D eigenvalue weighted by Crippen LogP contribution is 2.42. The van der Waals surface area contributed by atoms with Gasteiger partial charge in [-0.15, -0.1) is 0 Å². The predicted octanol–water partition coefficient (Wildman–Crippen LogP) is 8.16. The smallest absolute Gasteiger partial charge is 0.303 e. The Kier molecular flexibility index (Phi) is 8.59. The number of hydrogen-bond acceptors (Lipinski definition) is 3. The summed E-state index contributed by atoms with van der Waals surface area (Å²) >= 11 is 0. The van der Waals surface area contributed by atoms with Crippen LogP contribution in [0.3, 0.4) is 0 Å². The number of hydrogen-bond donors (Lipinski definition) is 3. The Morgan fingerprint density at radius 2 is 0.838 bits per heavy atom. The normalized spacial score (nSPS) is 13.3. The SMILES string of the molecule is CC(C)(C)c1cc(CC(CC(=O)O)Cc2cc(C(C)(C)C)c(O)c(C(C)(C)C)c2)cc(C(C)(C)C)c1O. The van der Waals surface area contributed by atoms with Crippen LogP contribution in [0.15, 0.2) is 24.3 Å². The molecule has 4 nitrogen and oxygen atoms in total. The Hall–Kier alpha value is -2.49. The molecule has 0 saturated carbocycles. The van der Waals surface area contributed by atoms with Crippen LogP contribution in [-0.4, -0.2) is 21.3 Å². The fourth-order valence-electron chi connectivity index (χ4n) is 5.04. The minimum absolute atomic E-state index is 0.0488. The molecular weight excluding hydrogens is 460 g/mol. The summed E-state index contributed by atoms with van der Waals surface area (Å²) in [5.41, 5.74) is 4.65. The van der Waals surface area contributed by atoms with Gasteiger partial charge in [-0.2, -0.15) is 0 Å². The lowest BCUT2D eigenvalue weighted by atomic mass is 9.76. The molecule has 0 bridgehead atoms. The van der Waals surface area contributed by atoms with E-state index in [0.29, 0.717) is 24.3 Å². The van der Waals surface area contributed by atoms with Crippen LogP contribution in [0.25, 0.3) is 0 Å². The molecule has 37 heavy (non-hydrogen) atoms. The number of phenols is 2. The minimum Gasteiger partial charge on any atom is -0.507 e. The van der Waals surface area contributed by atoms with Crippen LogP contribution in [0.2, 0.25) is 0 Å². The van der Waals surface area contributed by atoms with Gasteiger partial charge in [-0.05, 0) is 73.8 Å². The number of rotatable bonds is 6. The van der Waals surface area contributed by atoms with Crippen molar-refractivity contribution >= 4 is 5.97 Å². The highest BCUT2D eigenvalue weighted by molar-refractivity contribution is 5.67. The van der Waals surface area contributed by atoms with Crippen molar-refractivity contribution < 1.29 is 20.1 Å². The van der Waals surface area contributed by atoms with Crippen LogP contribution in [0.4, 0.5) is 0 Å². The summed E-state index contributed by atoms with van der Waals surface area (Å²) in [4.78, 5) is 11.9. The van der Waals surface area contributed by atoms with Gasteiger partial charge >= 0.3 is 5.97 Å². The molecule has 0 spiro atoms. The van der Waals surface area contributed by atoms with Gasteiger partial charge in [0.2, 0.25) is 0 Å². The first-order valence-corrected chi connectivity index (χ1v) is 13.5. The quantitative estimate of drug-likeness (QED) is 0.366. The molecule has 0 unspecified atom stereocenters. The van der Waals surface area contributed by atoms with E-state index in [2.05, 4.69) is 107 Å². The average molecular weight is 511 g/mol. The van der Waals surface area contributed by atoms with E-state index in [9.17, 15) is 20.1 Å². The number of carboxylic acid groups (broad SMARTS) is 1. The molecule has 0 amide bonds. The summed E-state index contributed by atoms with van der Waals surface area (Å²) in [5.74, 6) is -0.280. The van der Waals surface area contributed by atoms with Gasteiger partial charge in [0.15, 0.2) is 0 Å². The van der Waals surface area contributed by atoms with Gasteiger partial charge in [-0.1, -0.05) is 107 Å². The Balaban J connectivity index is 2.63. The Labute approximate surface area is 225 Å². The number of carboxylic acids is 1. The van der Waals surface area contributed by atoms with E-state index in [0.717, 1.165) is 33.4 Å². The molecule has 206 valence electrons. The molecule has 0 atom stereocenters. The average Bonchev–Trinajstić information content (AvgIpc) is 2.66. The van der Waals surface area contributed by atoms with Gasteiger partial charge in [0.25, 0.3) is 0 Å². The summed E-state index contributed by atoms with van der Waals surface area (Å²) in [6, 6.07) is 8.21.